The second-order valence-electron chi connectivity index (χ2n) is 5.95. The molecule has 1 rings (SSSR count). The summed E-state index contributed by atoms with van der Waals surface area (Å²) in [5.74, 6) is -2.02. The van der Waals surface area contributed by atoms with Gasteiger partial charge in [0.05, 0.1) is 18.6 Å². The molecule has 0 aliphatic heterocycles. The van der Waals surface area contributed by atoms with Crippen LogP contribution >= 0.6 is 0 Å². The Hall–Kier alpha value is -2.57. The molecule has 0 aliphatic carbocycles. The molecule has 27 heavy (non-hydrogen) atoms. The van der Waals surface area contributed by atoms with Gasteiger partial charge >= 0.3 is 11.9 Å². The fourth-order valence-electron chi connectivity index (χ4n) is 2.22. The maximum absolute atomic E-state index is 11.7. The highest BCUT2D eigenvalue weighted by atomic mass is 16.5. The number of unbranched alkanes of at least 4 members (excludes halogenated alkanes) is 1. The van der Waals surface area contributed by atoms with Crippen LogP contribution in [0.5, 0.6) is 0 Å². The average Bonchev–Trinajstić information content (AvgIpc) is 3.09. The molecule has 0 bridgehead atoms. The number of carboxylic acid groups (broad SMARTS) is 1. The lowest BCUT2D eigenvalue weighted by atomic mass is 10.1. The van der Waals surface area contributed by atoms with Gasteiger partial charge in [0, 0.05) is 11.2 Å². The third-order valence-corrected chi connectivity index (χ3v) is 3.66. The zero-order chi connectivity index (χ0) is 20.2. The van der Waals surface area contributed by atoms with Crippen LogP contribution in [0.15, 0.2) is 4.52 Å². The van der Waals surface area contributed by atoms with E-state index < -0.39 is 36.5 Å². The van der Waals surface area contributed by atoms with Crippen LogP contribution in [0.4, 0.5) is 0 Å². The minimum absolute atomic E-state index is 0.115. The van der Waals surface area contributed by atoms with Crippen molar-refractivity contribution in [1.29, 1.82) is 0 Å². The maximum Gasteiger partial charge on any atom is 0.535 e. The van der Waals surface area contributed by atoms with Gasteiger partial charge in [-0.15, -0.1) is 0 Å². The summed E-state index contributed by atoms with van der Waals surface area (Å²) in [5, 5.41) is 24.5. The van der Waals surface area contributed by atoms with Crippen LogP contribution in [0.3, 0.4) is 0 Å². The Bertz CT molecular complexity index is 622. The van der Waals surface area contributed by atoms with Crippen molar-refractivity contribution >= 4 is 17.8 Å². The summed E-state index contributed by atoms with van der Waals surface area (Å²) in [6.45, 7) is -0.0419. The van der Waals surface area contributed by atoms with Crippen molar-refractivity contribution in [3.63, 3.8) is 0 Å². The van der Waals surface area contributed by atoms with Crippen LogP contribution in [0.25, 0.3) is 0 Å². The summed E-state index contributed by atoms with van der Waals surface area (Å²) in [7, 11) is 0. The number of hydrogen-bond donors (Lipinski definition) is 5. The SMILES string of the molecule is NCCCC[C@H](N)c1noc([C@H](CCC(=O)O)NCC(=O)NCC(=O)[OH2+])n1. The first-order valence-electron chi connectivity index (χ1n) is 8.59. The lowest BCUT2D eigenvalue weighted by Gasteiger charge is -2.13. The van der Waals surface area contributed by atoms with E-state index in [1.54, 1.807) is 0 Å². The van der Waals surface area contributed by atoms with Gasteiger partial charge in [-0.25, -0.2) is 0 Å². The Morgan fingerprint density at radius 3 is 2.59 bits per heavy atom. The van der Waals surface area contributed by atoms with Crippen molar-refractivity contribution in [3.8, 4) is 0 Å². The molecule has 0 saturated carbocycles. The van der Waals surface area contributed by atoms with Crippen molar-refractivity contribution in [3.05, 3.63) is 11.7 Å². The summed E-state index contributed by atoms with van der Waals surface area (Å²) < 4.78 is 5.18. The lowest BCUT2D eigenvalue weighted by molar-refractivity contribution is -0.138. The van der Waals surface area contributed by atoms with Crippen LogP contribution in [-0.4, -0.2) is 57.8 Å². The molecule has 0 fully saturated rings. The zero-order valence-corrected chi connectivity index (χ0v) is 14.9. The lowest BCUT2D eigenvalue weighted by Crippen LogP contribution is -2.38. The van der Waals surface area contributed by atoms with Crippen LogP contribution in [-0.2, 0) is 14.4 Å². The van der Waals surface area contributed by atoms with E-state index in [2.05, 4.69) is 20.8 Å². The first-order chi connectivity index (χ1) is 12.8. The number of carbonyl (C=O) groups excluding carboxylic acids is 2. The number of nitrogens with one attached hydrogen (secondary N) is 2. The fraction of sp³-hybridized carbons (Fsp3) is 0.667. The molecule has 1 aromatic rings. The summed E-state index contributed by atoms with van der Waals surface area (Å²) in [5.41, 5.74) is 11.4. The summed E-state index contributed by atoms with van der Waals surface area (Å²) in [6.07, 6.45) is 2.22. The van der Waals surface area contributed by atoms with Gasteiger partial charge in [0.2, 0.25) is 11.8 Å². The van der Waals surface area contributed by atoms with Crippen molar-refractivity contribution in [2.24, 2.45) is 11.5 Å². The van der Waals surface area contributed by atoms with E-state index in [-0.39, 0.29) is 25.3 Å². The van der Waals surface area contributed by atoms with Gasteiger partial charge < -0.3 is 31.5 Å². The van der Waals surface area contributed by atoms with Crippen LogP contribution in [0.1, 0.15) is 55.9 Å². The third kappa shape index (κ3) is 9.08. The van der Waals surface area contributed by atoms with E-state index in [0.717, 1.165) is 12.8 Å². The second-order valence-corrected chi connectivity index (χ2v) is 5.95. The number of hydrogen-bond acceptors (Lipinski definition) is 9. The highest BCUT2D eigenvalue weighted by Gasteiger charge is 2.23. The standard InChI is InChI=1S/C15H26N6O6/c16-6-2-1-3-9(17)14-20-15(27-21-14)10(4-5-12(23)24)18-7-11(22)19-8-13(25)26/h9-10,18H,1-8,16-17H2,(H,19,22)(H,23,24)(H,25,26)/p+1/t9-,10-/m0/s1. The molecule has 1 heterocycles. The van der Waals surface area contributed by atoms with Gasteiger partial charge in [-0.2, -0.15) is 4.98 Å². The van der Waals surface area contributed by atoms with Crippen molar-refractivity contribution in [2.75, 3.05) is 19.6 Å². The van der Waals surface area contributed by atoms with E-state index in [0.29, 0.717) is 18.8 Å². The molecule has 9 N–H and O–H groups in total. The van der Waals surface area contributed by atoms with Gasteiger partial charge in [0.1, 0.15) is 0 Å². The second kappa shape index (κ2) is 11.9. The van der Waals surface area contributed by atoms with E-state index in [1.807, 2.05) is 0 Å². The molecule has 2 atom stereocenters. The zero-order valence-electron chi connectivity index (χ0n) is 14.9. The smallest absolute Gasteiger partial charge is 0.535 e. The molecule has 0 spiro atoms. The summed E-state index contributed by atoms with van der Waals surface area (Å²) in [4.78, 5) is 37.3. The van der Waals surface area contributed by atoms with E-state index in [4.69, 9.17) is 26.2 Å². The molecular formula is C15H27N6O6+. The predicted octanol–water partition coefficient (Wildman–Crippen LogP) is -1.94. The molecule has 12 nitrogen and oxygen atoms in total. The minimum Gasteiger partial charge on any atom is -0.563 e. The fourth-order valence-corrected chi connectivity index (χ4v) is 2.22. The number of carboxylic acids is 1. The number of aromatic nitrogens is 2. The normalized spacial score (nSPS) is 13.1. The monoisotopic (exact) mass is 387 g/mol. The Balaban J connectivity index is 2.68. The number of carbonyl (C=O) groups is 3. The Morgan fingerprint density at radius 2 is 1.96 bits per heavy atom. The molecule has 1 amide bonds. The van der Waals surface area contributed by atoms with E-state index in [9.17, 15) is 14.4 Å². The van der Waals surface area contributed by atoms with Crippen molar-refractivity contribution < 1.29 is 29.1 Å². The van der Waals surface area contributed by atoms with Gasteiger partial charge in [0.15, 0.2) is 12.4 Å². The molecule has 0 radical (unpaired) electrons. The van der Waals surface area contributed by atoms with E-state index in [1.165, 1.54) is 0 Å². The van der Waals surface area contributed by atoms with Crippen LogP contribution < -0.4 is 22.1 Å². The number of nitrogens with zero attached hydrogens (tertiary/aromatic N) is 2. The average molecular weight is 387 g/mol. The summed E-state index contributed by atoms with van der Waals surface area (Å²) >= 11 is 0. The molecule has 152 valence electrons. The quantitative estimate of drug-likeness (QED) is 0.176. The molecule has 12 heteroatoms. The first kappa shape index (κ1) is 22.5. The topological polar surface area (TPSA) is 209 Å². The predicted molar refractivity (Wildman–Crippen MR) is 93.4 cm³/mol. The van der Waals surface area contributed by atoms with E-state index >= 15 is 0 Å². The van der Waals surface area contributed by atoms with Crippen molar-refractivity contribution in [1.82, 2.24) is 20.8 Å². The summed E-state index contributed by atoms with van der Waals surface area (Å²) in [6, 6.07) is -1.10. The third-order valence-electron chi connectivity index (χ3n) is 3.66. The van der Waals surface area contributed by atoms with Crippen molar-refractivity contribution in [2.45, 2.75) is 44.2 Å². The molecule has 0 aliphatic rings. The number of rotatable bonds is 14. The first-order valence-corrected chi connectivity index (χ1v) is 8.59. The Kier molecular flexibility index (Phi) is 9.93. The minimum atomic E-state index is -1.01. The number of amides is 1. The molecular weight excluding hydrogens is 360 g/mol. The maximum atomic E-state index is 11.7. The molecule has 0 unspecified atom stereocenters. The molecule has 0 aromatic carbocycles. The van der Waals surface area contributed by atoms with Gasteiger partial charge in [-0.05, 0) is 25.8 Å². The van der Waals surface area contributed by atoms with Crippen LogP contribution in [0.2, 0.25) is 0 Å². The van der Waals surface area contributed by atoms with Gasteiger partial charge in [-0.1, -0.05) is 11.6 Å². The largest absolute Gasteiger partial charge is 0.563 e. The highest BCUT2D eigenvalue weighted by Crippen LogP contribution is 2.20. The molecule has 0 saturated heterocycles. The Morgan fingerprint density at radius 1 is 1.22 bits per heavy atom. The van der Waals surface area contributed by atoms with Gasteiger partial charge in [-0.3, -0.25) is 14.9 Å². The number of aliphatic carboxylic acids is 1. The molecule has 1 aromatic heterocycles. The van der Waals surface area contributed by atoms with Gasteiger partial charge in [0.25, 0.3) is 0 Å². The highest BCUT2D eigenvalue weighted by molar-refractivity contribution is 5.82. The number of nitrogens with two attached hydrogens (primary N) is 2. The van der Waals surface area contributed by atoms with Crippen LogP contribution in [0, 0.1) is 0 Å². The Labute approximate surface area is 155 Å².